The summed E-state index contributed by atoms with van der Waals surface area (Å²) in [4.78, 5) is 38.1. The van der Waals surface area contributed by atoms with Crippen molar-refractivity contribution in [2.24, 2.45) is 0 Å². The first-order valence-corrected chi connectivity index (χ1v) is 13.9. The number of carboxylic acid groups (broad SMARTS) is 4. The minimum absolute atomic E-state index is 0.700. The second-order valence-electron chi connectivity index (χ2n) is 2.69. The maximum absolute atomic E-state index is 9.53. The molecule has 0 saturated heterocycles. The Hall–Kier alpha value is -0.672. The van der Waals surface area contributed by atoms with Crippen molar-refractivity contribution in [1.82, 2.24) is 13.4 Å². The Bertz CT molecular complexity index is 673. The van der Waals surface area contributed by atoms with Gasteiger partial charge >= 0.3 is 23.2 Å². The summed E-state index contributed by atoms with van der Waals surface area (Å²) in [7, 11) is 9.31. The number of carbonyl (C=O) groups excluding carboxylic acids is 4. The Labute approximate surface area is 183 Å². The van der Waals surface area contributed by atoms with E-state index in [1.807, 2.05) is 0 Å². The molecule has 144 valence electrons. The molecule has 0 aliphatic carbocycles. The fraction of sp³-hybridized carbons (Fsp3) is 0. The van der Waals surface area contributed by atoms with Gasteiger partial charge in [0.15, 0.2) is 24.4 Å². The molecule has 13 nitrogen and oxygen atoms in total. The molecule has 0 fully saturated rings. The average Bonchev–Trinajstić information content (AvgIpc) is 3.43. The number of carbonyl (C=O) groups is 4. The summed E-state index contributed by atoms with van der Waals surface area (Å²) >= 11 is 0.700. The number of aromatic nitrogens is 4. The Morgan fingerprint density at radius 1 is 0.462 bits per heavy atom. The molecule has 0 unspecified atom stereocenters. The van der Waals surface area contributed by atoms with Gasteiger partial charge in [-0.1, -0.05) is 0 Å². The van der Waals surface area contributed by atoms with Gasteiger partial charge in [-0.05, 0) is 0 Å². The van der Waals surface area contributed by atoms with Crippen LogP contribution in [0, 0.1) is 0 Å². The summed E-state index contributed by atoms with van der Waals surface area (Å²) in [6.07, 6.45) is -4.48. The summed E-state index contributed by atoms with van der Waals surface area (Å²) in [6, 6.07) is 0. The third kappa shape index (κ3) is 15.6. The Morgan fingerprint density at radius 3 is 0.577 bits per heavy atom. The van der Waals surface area contributed by atoms with Crippen molar-refractivity contribution in [2.45, 2.75) is 0 Å². The molecule has 0 radical (unpaired) electrons. The zero-order chi connectivity index (χ0) is 20.3. The van der Waals surface area contributed by atoms with Crippen LogP contribution in [-0.4, -0.2) is 37.8 Å². The fourth-order valence-corrected chi connectivity index (χ4v) is 2.79. The molecular formula is C4MoN4O9S8. The van der Waals surface area contributed by atoms with E-state index in [1.165, 1.54) is 0 Å². The van der Waals surface area contributed by atoms with Crippen LogP contribution in [0.1, 0.15) is 0 Å². The number of hydrogen-bond acceptors (Lipinski definition) is 17. The molecular weight excluding hydrogens is 601 g/mol. The molecule has 4 rings (SSSR count). The van der Waals surface area contributed by atoms with Gasteiger partial charge < -0.3 is 39.6 Å². The van der Waals surface area contributed by atoms with E-state index < -0.39 is 24.4 Å². The molecule has 4 aromatic heterocycles. The first kappa shape index (κ1) is 25.3. The number of hydrogen-bond donors (Lipinski definition) is 0. The summed E-state index contributed by atoms with van der Waals surface area (Å²) in [6.45, 7) is 0. The molecule has 0 bridgehead atoms. The van der Waals surface area contributed by atoms with Crippen LogP contribution in [0.3, 0.4) is 0 Å². The van der Waals surface area contributed by atoms with Crippen LogP contribution in [0.5, 0.6) is 0 Å². The van der Waals surface area contributed by atoms with E-state index in [0.717, 1.165) is 97.7 Å². The van der Waals surface area contributed by atoms with Crippen LogP contribution < -0.4 is 20.4 Å². The Morgan fingerprint density at radius 2 is 0.577 bits per heavy atom. The van der Waals surface area contributed by atoms with Crippen LogP contribution in [0.4, 0.5) is 19.2 Å². The van der Waals surface area contributed by atoms with Crippen LogP contribution in [0.25, 0.3) is 0 Å². The molecule has 0 saturated carbocycles. The van der Waals surface area contributed by atoms with Crippen LogP contribution in [-0.2, 0) is 23.2 Å². The van der Waals surface area contributed by atoms with Crippen LogP contribution in [0.2, 0.25) is 0 Å². The molecule has 4 heterocycles. The quantitative estimate of drug-likeness (QED) is 0.181. The molecule has 0 amide bonds. The second-order valence-corrected chi connectivity index (χ2v) is 11.3. The van der Waals surface area contributed by atoms with Crippen molar-refractivity contribution in [3.8, 4) is 0 Å². The topological polar surface area (TPSA) is 197 Å². The van der Waals surface area contributed by atoms with Gasteiger partial charge in [-0.15, -0.1) is 0 Å². The van der Waals surface area contributed by atoms with Crippen molar-refractivity contribution >= 4 is 109 Å². The minimum atomic E-state index is -1.12. The predicted molar refractivity (Wildman–Crippen MR) is 84.6 cm³/mol. The molecule has 0 spiro atoms. The van der Waals surface area contributed by atoms with Crippen molar-refractivity contribution in [1.29, 1.82) is 0 Å². The van der Waals surface area contributed by atoms with E-state index in [4.69, 9.17) is 3.40 Å². The van der Waals surface area contributed by atoms with Crippen molar-refractivity contribution in [2.75, 3.05) is 0 Å². The van der Waals surface area contributed by atoms with E-state index >= 15 is 0 Å². The third-order valence-corrected chi connectivity index (χ3v) is 7.16. The van der Waals surface area contributed by atoms with E-state index in [9.17, 15) is 39.6 Å². The maximum atomic E-state index is 9.53. The first-order chi connectivity index (χ1) is 12.2. The summed E-state index contributed by atoms with van der Waals surface area (Å²) in [5, 5.41) is 38.1. The Balaban J connectivity index is 0.000000310. The van der Waals surface area contributed by atoms with E-state index in [1.54, 1.807) is 0 Å². The van der Waals surface area contributed by atoms with Gasteiger partial charge in [-0.3, -0.25) is 0 Å². The predicted octanol–water partition coefficient (Wildman–Crippen LogP) is -0.911. The second kappa shape index (κ2) is 13.5. The zero-order valence-corrected chi connectivity index (χ0v) is 19.7. The van der Waals surface area contributed by atoms with E-state index in [-0.39, 0.29) is 0 Å². The van der Waals surface area contributed by atoms with Gasteiger partial charge in [0.1, 0.15) is 0 Å². The zero-order valence-electron chi connectivity index (χ0n) is 11.1. The Kier molecular flexibility index (Phi) is 13.1. The molecule has 26 heavy (non-hydrogen) atoms. The molecule has 22 heteroatoms. The van der Waals surface area contributed by atoms with Crippen LogP contribution >= 0.6 is 84.3 Å². The fourth-order valence-electron chi connectivity index (χ4n) is 0.310. The molecule has 0 N–H and O–H groups in total. The van der Waals surface area contributed by atoms with Crippen molar-refractivity contribution in [3.63, 3.8) is 0 Å². The number of nitrogens with zero attached hydrogens (tertiary/aromatic N) is 4. The molecule has 0 aromatic carbocycles. The monoisotopic (exact) mass is 602 g/mol. The van der Waals surface area contributed by atoms with Gasteiger partial charge in [0.25, 0.3) is 0 Å². The normalized spacial score (nSPS) is 8.85. The third-order valence-electron chi connectivity index (χ3n) is 1.19. The van der Waals surface area contributed by atoms with Gasteiger partial charge in [-0.25, -0.2) is 0 Å². The van der Waals surface area contributed by atoms with Gasteiger partial charge in [-0.2, -0.15) is 13.4 Å². The molecule has 0 aliphatic rings. The SMILES string of the molecule is O=C([O-])n1ss1.O=C([O-])n1ss1.O=C([O-])n1ss1.O=C([O-])n1ss1.[O]=[Mo+4]. The molecule has 0 aliphatic heterocycles. The van der Waals surface area contributed by atoms with Crippen molar-refractivity contribution < 1.29 is 62.8 Å². The van der Waals surface area contributed by atoms with E-state index in [0.29, 0.717) is 19.8 Å². The first-order valence-electron chi connectivity index (χ1n) is 4.82. The average molecular weight is 601 g/mol. The van der Waals surface area contributed by atoms with E-state index in [2.05, 4.69) is 0 Å². The summed E-state index contributed by atoms with van der Waals surface area (Å²) < 4.78 is 12.5. The van der Waals surface area contributed by atoms with Gasteiger partial charge in [0, 0.05) is 84.3 Å². The molecule has 0 atom stereocenters. The van der Waals surface area contributed by atoms with Gasteiger partial charge in [0.05, 0.1) is 0 Å². The standard InChI is InChI=1S/4CHNO2S2.Mo.O/c4*3-1(4)2-5-6-2;;/h4*(H,3,4);;/q;;;;+4;/p-4. The van der Waals surface area contributed by atoms with Gasteiger partial charge in [0.2, 0.25) is 0 Å². The summed E-state index contributed by atoms with van der Waals surface area (Å²) in [5.41, 5.74) is 0. The van der Waals surface area contributed by atoms with Crippen molar-refractivity contribution in [3.05, 3.63) is 0 Å². The molecule has 4 aromatic rings. The number of rotatable bonds is 0. The summed E-state index contributed by atoms with van der Waals surface area (Å²) in [5.74, 6) is 0. The van der Waals surface area contributed by atoms with Crippen LogP contribution in [0.15, 0.2) is 0 Å².